The smallest absolute Gasteiger partial charge is 0.328 e. The Morgan fingerprint density at radius 3 is 2.59 bits per heavy atom. The lowest BCUT2D eigenvalue weighted by Gasteiger charge is -2.28. The van der Waals surface area contributed by atoms with Gasteiger partial charge in [0.15, 0.2) is 0 Å². The molecule has 0 saturated carbocycles. The molecule has 0 amide bonds. The molecule has 3 nitrogen and oxygen atoms in total. The molecule has 0 aliphatic rings. The molecule has 1 rings (SSSR count). The molecule has 1 aromatic rings. The van der Waals surface area contributed by atoms with Crippen molar-refractivity contribution in [1.82, 2.24) is 5.32 Å². The van der Waals surface area contributed by atoms with Gasteiger partial charge in [0.25, 0.3) is 0 Å². The summed E-state index contributed by atoms with van der Waals surface area (Å²) in [5, 5.41) is 12.6. The van der Waals surface area contributed by atoms with Crippen molar-refractivity contribution in [2.24, 2.45) is 0 Å². The maximum Gasteiger partial charge on any atom is 0.328 e. The van der Waals surface area contributed by atoms with Gasteiger partial charge >= 0.3 is 5.97 Å². The standard InChI is InChI=1S/C14H21NO2/c1-5-8-15-14(4,13(16)17)12-9-10(2)6-7-11(12)3/h6-7,9,15H,5,8H2,1-4H3,(H,16,17). The van der Waals surface area contributed by atoms with Gasteiger partial charge < -0.3 is 5.11 Å². The highest BCUT2D eigenvalue weighted by atomic mass is 16.4. The van der Waals surface area contributed by atoms with Gasteiger partial charge in [0.1, 0.15) is 5.54 Å². The monoisotopic (exact) mass is 235 g/mol. The lowest BCUT2D eigenvalue weighted by molar-refractivity contribution is -0.144. The van der Waals surface area contributed by atoms with E-state index in [4.69, 9.17) is 0 Å². The van der Waals surface area contributed by atoms with Gasteiger partial charge in [-0.05, 0) is 44.9 Å². The summed E-state index contributed by atoms with van der Waals surface area (Å²) >= 11 is 0. The van der Waals surface area contributed by atoms with Gasteiger partial charge in [-0.15, -0.1) is 0 Å². The largest absolute Gasteiger partial charge is 0.480 e. The topological polar surface area (TPSA) is 49.3 Å². The molecule has 2 N–H and O–H groups in total. The van der Waals surface area contributed by atoms with Gasteiger partial charge in [-0.2, -0.15) is 0 Å². The number of benzene rings is 1. The zero-order valence-corrected chi connectivity index (χ0v) is 11.0. The fourth-order valence-electron chi connectivity index (χ4n) is 1.94. The fraction of sp³-hybridized carbons (Fsp3) is 0.500. The van der Waals surface area contributed by atoms with Crippen molar-refractivity contribution in [3.63, 3.8) is 0 Å². The number of carboxylic acids is 1. The molecule has 0 saturated heterocycles. The van der Waals surface area contributed by atoms with Crippen molar-refractivity contribution < 1.29 is 9.90 Å². The Bertz CT molecular complexity index is 415. The molecule has 1 unspecified atom stereocenters. The Kier molecular flexibility index (Phi) is 4.29. The minimum atomic E-state index is -1.01. The van der Waals surface area contributed by atoms with Crippen molar-refractivity contribution in [1.29, 1.82) is 0 Å². The maximum atomic E-state index is 11.5. The van der Waals surface area contributed by atoms with Crippen LogP contribution in [-0.2, 0) is 10.3 Å². The van der Waals surface area contributed by atoms with Crippen LogP contribution in [0.1, 0.15) is 37.0 Å². The fourth-order valence-corrected chi connectivity index (χ4v) is 1.94. The van der Waals surface area contributed by atoms with Crippen LogP contribution in [0.3, 0.4) is 0 Å². The lowest BCUT2D eigenvalue weighted by Crippen LogP contribution is -2.47. The molecule has 0 heterocycles. The van der Waals surface area contributed by atoms with Crippen LogP contribution >= 0.6 is 0 Å². The molecular formula is C14H21NO2. The van der Waals surface area contributed by atoms with E-state index in [-0.39, 0.29) is 0 Å². The van der Waals surface area contributed by atoms with Crippen LogP contribution in [0, 0.1) is 13.8 Å². The number of aliphatic carboxylic acids is 1. The van der Waals surface area contributed by atoms with Gasteiger partial charge in [-0.25, -0.2) is 4.79 Å². The molecule has 1 atom stereocenters. The highest BCUT2D eigenvalue weighted by Gasteiger charge is 2.35. The normalized spacial score (nSPS) is 14.4. The summed E-state index contributed by atoms with van der Waals surface area (Å²) in [6.07, 6.45) is 0.910. The van der Waals surface area contributed by atoms with Crippen molar-refractivity contribution >= 4 is 5.97 Å². The van der Waals surface area contributed by atoms with Crippen molar-refractivity contribution in [2.45, 2.75) is 39.7 Å². The molecule has 0 aromatic heterocycles. The van der Waals surface area contributed by atoms with Crippen LogP contribution in [0.15, 0.2) is 18.2 Å². The lowest BCUT2D eigenvalue weighted by atomic mass is 9.87. The van der Waals surface area contributed by atoms with Crippen LogP contribution in [0.5, 0.6) is 0 Å². The number of aryl methyl sites for hydroxylation is 2. The molecule has 0 aliphatic carbocycles. The minimum absolute atomic E-state index is 0.691. The van der Waals surface area contributed by atoms with Gasteiger partial charge in [0, 0.05) is 0 Å². The molecule has 94 valence electrons. The average molecular weight is 235 g/mol. The molecule has 0 radical (unpaired) electrons. The van der Waals surface area contributed by atoms with E-state index in [0.29, 0.717) is 6.54 Å². The molecule has 0 fully saturated rings. The summed E-state index contributed by atoms with van der Waals surface area (Å²) in [7, 11) is 0. The van der Waals surface area contributed by atoms with E-state index >= 15 is 0 Å². The van der Waals surface area contributed by atoms with E-state index in [1.807, 2.05) is 39.0 Å². The first kappa shape index (κ1) is 13.7. The first-order valence-electron chi connectivity index (χ1n) is 5.98. The van der Waals surface area contributed by atoms with Gasteiger partial charge in [-0.1, -0.05) is 30.7 Å². The zero-order chi connectivity index (χ0) is 13.1. The van der Waals surface area contributed by atoms with E-state index in [0.717, 1.165) is 23.1 Å². The Morgan fingerprint density at radius 1 is 1.41 bits per heavy atom. The number of carbonyl (C=O) groups is 1. The first-order valence-corrected chi connectivity index (χ1v) is 5.98. The van der Waals surface area contributed by atoms with Crippen LogP contribution in [0.2, 0.25) is 0 Å². The number of hydrogen-bond acceptors (Lipinski definition) is 2. The molecule has 17 heavy (non-hydrogen) atoms. The van der Waals surface area contributed by atoms with Crippen LogP contribution in [0.4, 0.5) is 0 Å². The quantitative estimate of drug-likeness (QED) is 0.824. The Morgan fingerprint density at radius 2 is 2.06 bits per heavy atom. The first-order chi connectivity index (χ1) is 7.91. The summed E-state index contributed by atoms with van der Waals surface area (Å²) in [4.78, 5) is 11.5. The second-order valence-corrected chi connectivity index (χ2v) is 4.68. The summed E-state index contributed by atoms with van der Waals surface area (Å²) in [6, 6.07) is 5.92. The summed E-state index contributed by atoms with van der Waals surface area (Å²) in [5.74, 6) is -0.834. The minimum Gasteiger partial charge on any atom is -0.480 e. The summed E-state index contributed by atoms with van der Waals surface area (Å²) in [5.41, 5.74) is 1.92. The molecule has 0 aliphatic heterocycles. The van der Waals surface area contributed by atoms with E-state index < -0.39 is 11.5 Å². The van der Waals surface area contributed by atoms with E-state index in [9.17, 15) is 9.90 Å². The number of hydrogen-bond donors (Lipinski definition) is 2. The van der Waals surface area contributed by atoms with Crippen molar-refractivity contribution in [3.8, 4) is 0 Å². The van der Waals surface area contributed by atoms with E-state index in [2.05, 4.69) is 5.32 Å². The van der Waals surface area contributed by atoms with Crippen LogP contribution in [-0.4, -0.2) is 17.6 Å². The molecule has 3 heteroatoms. The predicted octanol–water partition coefficient (Wildman–Crippen LogP) is 2.60. The van der Waals surface area contributed by atoms with Crippen molar-refractivity contribution in [2.75, 3.05) is 6.54 Å². The van der Waals surface area contributed by atoms with Crippen molar-refractivity contribution in [3.05, 3.63) is 34.9 Å². The molecule has 0 bridgehead atoms. The van der Waals surface area contributed by atoms with E-state index in [1.165, 1.54) is 0 Å². The second kappa shape index (κ2) is 5.32. The van der Waals surface area contributed by atoms with Gasteiger partial charge in [-0.3, -0.25) is 5.32 Å². The summed E-state index contributed by atoms with van der Waals surface area (Å²) < 4.78 is 0. The average Bonchev–Trinajstić information content (AvgIpc) is 2.29. The molecule has 0 spiro atoms. The Balaban J connectivity index is 3.21. The Hall–Kier alpha value is -1.35. The number of carboxylic acid groups (broad SMARTS) is 1. The van der Waals surface area contributed by atoms with Gasteiger partial charge in [0.2, 0.25) is 0 Å². The number of rotatable bonds is 5. The maximum absolute atomic E-state index is 11.5. The Labute approximate surface area is 103 Å². The van der Waals surface area contributed by atoms with Gasteiger partial charge in [0.05, 0.1) is 0 Å². The second-order valence-electron chi connectivity index (χ2n) is 4.68. The van der Waals surface area contributed by atoms with Crippen LogP contribution in [0.25, 0.3) is 0 Å². The van der Waals surface area contributed by atoms with E-state index in [1.54, 1.807) is 6.92 Å². The number of nitrogens with one attached hydrogen (secondary N) is 1. The third kappa shape index (κ3) is 2.86. The zero-order valence-electron chi connectivity index (χ0n) is 11.0. The molecule has 1 aromatic carbocycles. The predicted molar refractivity (Wildman–Crippen MR) is 69.2 cm³/mol. The van der Waals surface area contributed by atoms with Crippen LogP contribution < -0.4 is 5.32 Å². The SMILES string of the molecule is CCCNC(C)(C(=O)O)c1cc(C)ccc1C. The third-order valence-corrected chi connectivity index (χ3v) is 3.09. The highest BCUT2D eigenvalue weighted by molar-refractivity contribution is 5.81. The molecular weight excluding hydrogens is 214 g/mol. The summed E-state index contributed by atoms with van der Waals surface area (Å²) in [6.45, 7) is 8.37. The third-order valence-electron chi connectivity index (χ3n) is 3.09. The highest BCUT2D eigenvalue weighted by Crippen LogP contribution is 2.25.